The molecule has 80 valence electrons. The fourth-order valence-corrected chi connectivity index (χ4v) is 7.67. The Balaban J connectivity index is 4.71. The van der Waals surface area contributed by atoms with E-state index in [1.54, 1.807) is 0 Å². The summed E-state index contributed by atoms with van der Waals surface area (Å²) in [4.78, 5) is 0. The van der Waals surface area contributed by atoms with Crippen LogP contribution in [0.25, 0.3) is 0 Å². The van der Waals surface area contributed by atoms with Crippen LogP contribution in [0.3, 0.4) is 0 Å². The fourth-order valence-electron chi connectivity index (χ4n) is 2.25. The van der Waals surface area contributed by atoms with Gasteiger partial charge in [-0.3, -0.25) is 0 Å². The van der Waals surface area contributed by atoms with Crippen LogP contribution in [0.15, 0.2) is 0 Å². The van der Waals surface area contributed by atoms with E-state index in [9.17, 15) is 0 Å². The zero-order valence-electron chi connectivity index (χ0n) is 10.0. The molecule has 13 heavy (non-hydrogen) atoms. The molecule has 0 aliphatic rings. The topological polar surface area (TPSA) is 0 Å². The summed E-state index contributed by atoms with van der Waals surface area (Å²) in [7, 11) is -1.56. The first-order chi connectivity index (χ1) is 5.91. The lowest BCUT2D eigenvalue weighted by Crippen LogP contribution is -2.39. The first-order valence-electron chi connectivity index (χ1n) is 5.60. The second kappa shape index (κ2) is 5.40. The Morgan fingerprint density at radius 3 is 1.38 bits per heavy atom. The van der Waals surface area contributed by atoms with Gasteiger partial charge in [0.25, 0.3) is 0 Å². The molecule has 0 aromatic rings. The summed E-state index contributed by atoms with van der Waals surface area (Å²) >= 11 is 6.91. The monoisotopic (exact) mass is 220 g/mol. The van der Waals surface area contributed by atoms with Crippen LogP contribution >= 0.6 is 11.1 Å². The molecule has 0 aliphatic heterocycles. The zero-order chi connectivity index (χ0) is 10.6. The first-order valence-corrected chi connectivity index (χ1v) is 8.84. The molecule has 0 nitrogen and oxygen atoms in total. The fraction of sp³-hybridized carbons (Fsp3) is 1.00. The molecule has 0 rings (SSSR count). The maximum absolute atomic E-state index is 6.91. The van der Waals surface area contributed by atoms with Crippen LogP contribution in [-0.2, 0) is 0 Å². The van der Waals surface area contributed by atoms with E-state index in [1.807, 2.05) is 0 Å². The summed E-state index contributed by atoms with van der Waals surface area (Å²) < 4.78 is 0. The molecule has 0 amide bonds. The molecule has 0 aliphatic carbocycles. The van der Waals surface area contributed by atoms with Gasteiger partial charge in [-0.15, -0.1) is 0 Å². The van der Waals surface area contributed by atoms with Crippen molar-refractivity contribution >= 4 is 18.5 Å². The maximum atomic E-state index is 6.91. The zero-order valence-corrected chi connectivity index (χ0v) is 11.8. The summed E-state index contributed by atoms with van der Waals surface area (Å²) in [6, 6.07) is 0. The third-order valence-electron chi connectivity index (χ3n) is 3.62. The summed E-state index contributed by atoms with van der Waals surface area (Å²) in [6.45, 7) is 13.8. The average Bonchev–Trinajstić information content (AvgIpc) is 2.13. The largest absolute Gasteiger partial charge is 0.166 e. The highest BCUT2D eigenvalue weighted by Gasteiger charge is 2.43. The van der Waals surface area contributed by atoms with Crippen LogP contribution in [0, 0.1) is 0 Å². The van der Waals surface area contributed by atoms with E-state index in [1.165, 1.54) is 12.8 Å². The SMILES string of the molecule is CCC(C)[Si](Cl)(C(C)C)C(C)CC. The normalized spacial score (nSPS) is 21.2. The van der Waals surface area contributed by atoms with Crippen molar-refractivity contribution in [3.05, 3.63) is 0 Å². The highest BCUT2D eigenvalue weighted by Crippen LogP contribution is 2.47. The minimum absolute atomic E-state index is 0.694. The molecule has 0 bridgehead atoms. The molecule has 0 aromatic heterocycles. The van der Waals surface area contributed by atoms with Gasteiger partial charge in [0.15, 0.2) is 7.38 Å². The number of hydrogen-bond acceptors (Lipinski definition) is 0. The molecule has 2 unspecified atom stereocenters. The van der Waals surface area contributed by atoms with E-state index >= 15 is 0 Å². The Morgan fingerprint density at radius 2 is 1.23 bits per heavy atom. The van der Waals surface area contributed by atoms with Crippen molar-refractivity contribution in [2.75, 3.05) is 0 Å². The van der Waals surface area contributed by atoms with Crippen molar-refractivity contribution in [1.82, 2.24) is 0 Å². The lowest BCUT2D eigenvalue weighted by molar-refractivity contribution is 0.739. The predicted octanol–water partition coefficient (Wildman–Crippen LogP) is 5.18. The van der Waals surface area contributed by atoms with E-state index < -0.39 is 7.38 Å². The van der Waals surface area contributed by atoms with Crippen LogP contribution in [0.5, 0.6) is 0 Å². The lowest BCUT2D eigenvalue weighted by atomic mass is 10.3. The van der Waals surface area contributed by atoms with Crippen molar-refractivity contribution in [3.63, 3.8) is 0 Å². The maximum Gasteiger partial charge on any atom is 0.164 e. The number of halogens is 1. The Kier molecular flexibility index (Phi) is 5.61. The molecule has 0 heterocycles. The molecule has 0 saturated heterocycles. The molecule has 0 fully saturated rings. The van der Waals surface area contributed by atoms with E-state index in [0.717, 1.165) is 11.1 Å². The molecule has 2 heteroatoms. The summed E-state index contributed by atoms with van der Waals surface area (Å²) in [6.07, 6.45) is 2.47. The average molecular weight is 221 g/mol. The van der Waals surface area contributed by atoms with Gasteiger partial charge in [0, 0.05) is 0 Å². The van der Waals surface area contributed by atoms with Gasteiger partial charge in [-0.2, -0.15) is 11.1 Å². The summed E-state index contributed by atoms with van der Waals surface area (Å²) in [5, 5.41) is 0. The van der Waals surface area contributed by atoms with Gasteiger partial charge >= 0.3 is 0 Å². The van der Waals surface area contributed by atoms with E-state index in [0.29, 0.717) is 5.54 Å². The predicted molar refractivity (Wildman–Crippen MR) is 66.1 cm³/mol. The highest BCUT2D eigenvalue weighted by molar-refractivity contribution is 7.22. The molecular formula is C11H25ClSi. The quantitative estimate of drug-likeness (QED) is 0.443. The molecule has 0 aromatic carbocycles. The van der Waals surface area contributed by atoms with Crippen LogP contribution in [0.4, 0.5) is 0 Å². The molecule has 0 saturated carbocycles. The van der Waals surface area contributed by atoms with Crippen molar-refractivity contribution in [2.45, 2.75) is 71.0 Å². The minimum atomic E-state index is -1.56. The molecule has 0 spiro atoms. The molecule has 0 radical (unpaired) electrons. The Hall–Kier alpha value is 0.507. The van der Waals surface area contributed by atoms with Gasteiger partial charge in [-0.25, -0.2) is 0 Å². The van der Waals surface area contributed by atoms with Gasteiger partial charge in [-0.05, 0) is 16.6 Å². The van der Waals surface area contributed by atoms with E-state index in [-0.39, 0.29) is 0 Å². The second-order valence-corrected chi connectivity index (χ2v) is 11.3. The van der Waals surface area contributed by atoms with Gasteiger partial charge in [-0.1, -0.05) is 54.4 Å². The van der Waals surface area contributed by atoms with Crippen LogP contribution in [0.2, 0.25) is 16.6 Å². The summed E-state index contributed by atoms with van der Waals surface area (Å²) in [5.41, 5.74) is 2.17. The lowest BCUT2D eigenvalue weighted by Gasteiger charge is -2.39. The Labute approximate surface area is 89.8 Å². The first kappa shape index (κ1) is 13.5. The second-order valence-electron chi connectivity index (χ2n) is 4.60. The molecular weight excluding hydrogens is 196 g/mol. The van der Waals surface area contributed by atoms with E-state index in [2.05, 4.69) is 41.5 Å². The third-order valence-corrected chi connectivity index (χ3v) is 12.8. The van der Waals surface area contributed by atoms with Crippen molar-refractivity contribution in [2.24, 2.45) is 0 Å². The minimum Gasteiger partial charge on any atom is -0.166 e. The highest BCUT2D eigenvalue weighted by atomic mass is 35.6. The van der Waals surface area contributed by atoms with E-state index in [4.69, 9.17) is 11.1 Å². The molecule has 2 atom stereocenters. The Bertz CT molecular complexity index is 135. The van der Waals surface area contributed by atoms with Crippen LogP contribution < -0.4 is 0 Å². The van der Waals surface area contributed by atoms with Gasteiger partial charge in [0.05, 0.1) is 0 Å². The van der Waals surface area contributed by atoms with Gasteiger partial charge < -0.3 is 0 Å². The van der Waals surface area contributed by atoms with Gasteiger partial charge in [0.2, 0.25) is 0 Å². The smallest absolute Gasteiger partial charge is 0.164 e. The van der Waals surface area contributed by atoms with Crippen molar-refractivity contribution in [1.29, 1.82) is 0 Å². The third kappa shape index (κ3) is 2.73. The van der Waals surface area contributed by atoms with Crippen LogP contribution in [0.1, 0.15) is 54.4 Å². The standard InChI is InChI=1S/C11H25ClSi/c1-7-10(5)13(12,9(3)4)11(6)8-2/h9-11H,7-8H2,1-6H3. The number of rotatable bonds is 5. The number of hydrogen-bond donors (Lipinski definition) is 0. The summed E-state index contributed by atoms with van der Waals surface area (Å²) in [5.74, 6) is 0. The van der Waals surface area contributed by atoms with Crippen molar-refractivity contribution in [3.8, 4) is 0 Å². The van der Waals surface area contributed by atoms with Gasteiger partial charge in [0.1, 0.15) is 0 Å². The Morgan fingerprint density at radius 1 is 0.923 bits per heavy atom. The van der Waals surface area contributed by atoms with Crippen molar-refractivity contribution < 1.29 is 0 Å². The van der Waals surface area contributed by atoms with Crippen LogP contribution in [-0.4, -0.2) is 7.38 Å². The molecule has 0 N–H and O–H groups in total.